The average Bonchev–Trinajstić information content (AvgIpc) is 2.41. The molecule has 112 valence electrons. The number of carbonyl (C=O) groups excluding carboxylic acids is 1. The Kier molecular flexibility index (Phi) is 4.21. The van der Waals surface area contributed by atoms with E-state index in [0.717, 1.165) is 16.5 Å². The SMILES string of the molecule is Cc1cc(Cl)c(NC(=O)[C@@H](N)C(C)(C)C)c2cccnc12. The van der Waals surface area contributed by atoms with Crippen LogP contribution in [0.1, 0.15) is 26.3 Å². The number of anilines is 1. The van der Waals surface area contributed by atoms with Crippen LogP contribution in [0.4, 0.5) is 5.69 Å². The molecule has 3 N–H and O–H groups in total. The Labute approximate surface area is 129 Å². The predicted octanol–water partition coefficient (Wildman–Crippen LogP) is 3.51. The molecule has 1 aromatic carbocycles. The summed E-state index contributed by atoms with van der Waals surface area (Å²) in [5.74, 6) is -0.251. The third-order valence-electron chi connectivity index (χ3n) is 3.50. The highest BCUT2D eigenvalue weighted by Gasteiger charge is 2.28. The second kappa shape index (κ2) is 5.62. The zero-order valence-corrected chi connectivity index (χ0v) is 13.5. The molecule has 0 bridgehead atoms. The van der Waals surface area contributed by atoms with E-state index in [4.69, 9.17) is 17.3 Å². The van der Waals surface area contributed by atoms with E-state index in [0.29, 0.717) is 10.7 Å². The highest BCUT2D eigenvalue weighted by atomic mass is 35.5. The number of amides is 1. The smallest absolute Gasteiger partial charge is 0.241 e. The van der Waals surface area contributed by atoms with Crippen LogP contribution in [0.25, 0.3) is 10.9 Å². The first-order chi connectivity index (χ1) is 9.71. The van der Waals surface area contributed by atoms with Gasteiger partial charge in [0.1, 0.15) is 0 Å². The van der Waals surface area contributed by atoms with Crippen LogP contribution >= 0.6 is 11.6 Å². The summed E-state index contributed by atoms with van der Waals surface area (Å²) in [5, 5.41) is 4.16. The highest BCUT2D eigenvalue weighted by Crippen LogP contribution is 2.33. The van der Waals surface area contributed by atoms with Crippen molar-refractivity contribution >= 4 is 34.1 Å². The van der Waals surface area contributed by atoms with Crippen LogP contribution in [0.15, 0.2) is 24.4 Å². The molecule has 0 saturated carbocycles. The quantitative estimate of drug-likeness (QED) is 0.892. The van der Waals surface area contributed by atoms with Crippen LogP contribution in [0.5, 0.6) is 0 Å². The summed E-state index contributed by atoms with van der Waals surface area (Å²) < 4.78 is 0. The van der Waals surface area contributed by atoms with E-state index in [1.54, 1.807) is 12.3 Å². The number of nitrogens with one attached hydrogen (secondary N) is 1. The topological polar surface area (TPSA) is 68.0 Å². The fraction of sp³-hybridized carbons (Fsp3) is 0.375. The molecule has 0 aliphatic rings. The molecule has 2 aromatic rings. The number of fused-ring (bicyclic) bond motifs is 1. The lowest BCUT2D eigenvalue weighted by molar-refractivity contribution is -0.119. The summed E-state index contributed by atoms with van der Waals surface area (Å²) in [6, 6.07) is 4.88. The number of aryl methyl sites for hydroxylation is 1. The third kappa shape index (κ3) is 3.17. The lowest BCUT2D eigenvalue weighted by atomic mass is 9.87. The van der Waals surface area contributed by atoms with Crippen LogP contribution in [-0.4, -0.2) is 16.9 Å². The molecule has 1 amide bonds. The van der Waals surface area contributed by atoms with Crippen molar-refractivity contribution in [3.63, 3.8) is 0 Å². The summed E-state index contributed by atoms with van der Waals surface area (Å²) in [5.41, 5.74) is 8.02. The van der Waals surface area contributed by atoms with Gasteiger partial charge in [-0.3, -0.25) is 9.78 Å². The van der Waals surface area contributed by atoms with Gasteiger partial charge >= 0.3 is 0 Å². The number of carbonyl (C=O) groups is 1. The number of halogens is 1. The van der Waals surface area contributed by atoms with E-state index in [9.17, 15) is 4.79 Å². The first-order valence-corrected chi connectivity index (χ1v) is 7.20. The Hall–Kier alpha value is -1.65. The minimum absolute atomic E-state index is 0.251. The standard InChI is InChI=1S/C16H20ClN3O/c1-9-8-11(17)13(10-6-5-7-19-12(9)10)20-15(21)14(18)16(2,3)4/h5-8,14H,18H2,1-4H3,(H,20,21)/t14-/m1/s1. The zero-order chi connectivity index (χ0) is 15.8. The minimum atomic E-state index is -0.624. The lowest BCUT2D eigenvalue weighted by Crippen LogP contribution is -2.45. The number of hydrogen-bond donors (Lipinski definition) is 2. The Morgan fingerprint density at radius 3 is 2.71 bits per heavy atom. The second-order valence-corrected chi connectivity index (χ2v) is 6.69. The van der Waals surface area contributed by atoms with E-state index in [1.807, 2.05) is 39.8 Å². The van der Waals surface area contributed by atoms with Crippen LogP contribution in [-0.2, 0) is 4.79 Å². The Morgan fingerprint density at radius 1 is 1.43 bits per heavy atom. The van der Waals surface area contributed by atoms with Gasteiger partial charge in [-0.25, -0.2) is 0 Å². The molecule has 0 spiro atoms. The number of pyridine rings is 1. The molecule has 2 rings (SSSR count). The van der Waals surface area contributed by atoms with Crippen molar-refractivity contribution in [2.45, 2.75) is 33.7 Å². The van der Waals surface area contributed by atoms with Gasteiger partial charge in [0, 0.05) is 11.6 Å². The molecule has 1 heterocycles. The normalized spacial score (nSPS) is 13.2. The van der Waals surface area contributed by atoms with Gasteiger partial charge in [-0.2, -0.15) is 0 Å². The summed E-state index contributed by atoms with van der Waals surface area (Å²) >= 11 is 6.29. The number of rotatable bonds is 2. The van der Waals surface area contributed by atoms with Crippen LogP contribution in [0.3, 0.4) is 0 Å². The predicted molar refractivity (Wildman–Crippen MR) is 87.6 cm³/mol. The monoisotopic (exact) mass is 305 g/mol. The fourth-order valence-electron chi connectivity index (χ4n) is 2.10. The first-order valence-electron chi connectivity index (χ1n) is 6.82. The molecular weight excluding hydrogens is 286 g/mol. The van der Waals surface area contributed by atoms with Crippen molar-refractivity contribution in [1.29, 1.82) is 0 Å². The van der Waals surface area contributed by atoms with Crippen molar-refractivity contribution in [3.8, 4) is 0 Å². The zero-order valence-electron chi connectivity index (χ0n) is 12.7. The van der Waals surface area contributed by atoms with Crippen molar-refractivity contribution < 1.29 is 4.79 Å². The van der Waals surface area contributed by atoms with Crippen molar-refractivity contribution in [2.75, 3.05) is 5.32 Å². The van der Waals surface area contributed by atoms with Gasteiger partial charge in [0.2, 0.25) is 5.91 Å². The Bertz CT molecular complexity index is 692. The molecule has 4 nitrogen and oxygen atoms in total. The number of nitrogens with two attached hydrogens (primary N) is 1. The number of benzene rings is 1. The largest absolute Gasteiger partial charge is 0.323 e. The van der Waals surface area contributed by atoms with Gasteiger partial charge in [-0.1, -0.05) is 32.4 Å². The average molecular weight is 306 g/mol. The molecule has 0 saturated heterocycles. The molecule has 0 radical (unpaired) electrons. The van der Waals surface area contributed by atoms with Crippen molar-refractivity contribution in [1.82, 2.24) is 4.98 Å². The molecule has 1 atom stereocenters. The molecule has 0 fully saturated rings. The second-order valence-electron chi connectivity index (χ2n) is 6.28. The van der Waals surface area contributed by atoms with Gasteiger partial charge in [0.15, 0.2) is 0 Å². The van der Waals surface area contributed by atoms with E-state index >= 15 is 0 Å². The molecule has 0 unspecified atom stereocenters. The van der Waals surface area contributed by atoms with Crippen molar-refractivity contribution in [3.05, 3.63) is 35.0 Å². The van der Waals surface area contributed by atoms with Gasteiger partial charge in [0.25, 0.3) is 0 Å². The van der Waals surface area contributed by atoms with E-state index in [-0.39, 0.29) is 11.3 Å². The molecule has 21 heavy (non-hydrogen) atoms. The summed E-state index contributed by atoms with van der Waals surface area (Å²) in [7, 11) is 0. The number of aromatic nitrogens is 1. The lowest BCUT2D eigenvalue weighted by Gasteiger charge is -2.26. The molecule has 0 aliphatic heterocycles. The van der Waals surface area contributed by atoms with Gasteiger partial charge in [-0.05, 0) is 36.1 Å². The van der Waals surface area contributed by atoms with Crippen LogP contribution < -0.4 is 11.1 Å². The van der Waals surface area contributed by atoms with E-state index in [2.05, 4.69) is 10.3 Å². The third-order valence-corrected chi connectivity index (χ3v) is 3.79. The Balaban J connectivity index is 2.46. The fourth-order valence-corrected chi connectivity index (χ4v) is 2.41. The van der Waals surface area contributed by atoms with E-state index < -0.39 is 6.04 Å². The maximum absolute atomic E-state index is 12.3. The van der Waals surface area contributed by atoms with Gasteiger partial charge in [-0.15, -0.1) is 0 Å². The maximum atomic E-state index is 12.3. The van der Waals surface area contributed by atoms with Crippen LogP contribution in [0.2, 0.25) is 5.02 Å². The molecule has 1 aromatic heterocycles. The van der Waals surface area contributed by atoms with Gasteiger partial charge < -0.3 is 11.1 Å². The van der Waals surface area contributed by atoms with Crippen LogP contribution in [0, 0.1) is 12.3 Å². The van der Waals surface area contributed by atoms with Crippen molar-refractivity contribution in [2.24, 2.45) is 11.1 Å². The first kappa shape index (κ1) is 15.7. The van der Waals surface area contributed by atoms with E-state index in [1.165, 1.54) is 0 Å². The number of hydrogen-bond acceptors (Lipinski definition) is 3. The molecule has 5 heteroatoms. The summed E-state index contributed by atoms with van der Waals surface area (Å²) in [6.07, 6.45) is 1.72. The highest BCUT2D eigenvalue weighted by molar-refractivity contribution is 6.35. The summed E-state index contributed by atoms with van der Waals surface area (Å²) in [6.45, 7) is 7.71. The molecular formula is C16H20ClN3O. The molecule has 0 aliphatic carbocycles. The maximum Gasteiger partial charge on any atom is 0.241 e. The Morgan fingerprint density at radius 2 is 2.10 bits per heavy atom. The van der Waals surface area contributed by atoms with Gasteiger partial charge in [0.05, 0.1) is 22.3 Å². The summed E-state index contributed by atoms with van der Waals surface area (Å²) in [4.78, 5) is 16.7. The number of nitrogens with zero attached hydrogens (tertiary/aromatic N) is 1. The minimum Gasteiger partial charge on any atom is -0.323 e.